The summed E-state index contributed by atoms with van der Waals surface area (Å²) in [6.07, 6.45) is 3.35. The number of aromatic nitrogens is 1. The van der Waals surface area contributed by atoms with Gasteiger partial charge in [0.15, 0.2) is 0 Å². The second-order valence-corrected chi connectivity index (χ2v) is 8.35. The van der Waals surface area contributed by atoms with Crippen LogP contribution in [0.15, 0.2) is 40.9 Å². The van der Waals surface area contributed by atoms with E-state index >= 15 is 0 Å². The van der Waals surface area contributed by atoms with Gasteiger partial charge in [-0.15, -0.1) is 11.3 Å². The molecule has 2 heterocycles. The SMILES string of the molecule is CC(=O)N(CCNS(=O)(=O)c1ccc(C)s1)Cc1cccnc1. The first-order valence-electron chi connectivity index (χ1n) is 7.09. The minimum absolute atomic E-state index is 0.111. The van der Waals surface area contributed by atoms with Gasteiger partial charge in [0, 0.05) is 43.8 Å². The van der Waals surface area contributed by atoms with Crippen molar-refractivity contribution in [3.63, 3.8) is 0 Å². The summed E-state index contributed by atoms with van der Waals surface area (Å²) < 4.78 is 27.1. The lowest BCUT2D eigenvalue weighted by Gasteiger charge is -2.21. The largest absolute Gasteiger partial charge is 0.337 e. The van der Waals surface area contributed by atoms with Crippen LogP contribution >= 0.6 is 11.3 Å². The quantitative estimate of drug-likeness (QED) is 0.823. The van der Waals surface area contributed by atoms with Crippen LogP contribution in [0.3, 0.4) is 0 Å². The lowest BCUT2D eigenvalue weighted by atomic mass is 10.2. The number of sulfonamides is 1. The Morgan fingerprint density at radius 2 is 2.13 bits per heavy atom. The molecule has 1 N–H and O–H groups in total. The fraction of sp³-hybridized carbons (Fsp3) is 0.333. The number of aryl methyl sites for hydroxylation is 1. The van der Waals surface area contributed by atoms with Crippen molar-refractivity contribution >= 4 is 27.3 Å². The number of hydrogen-bond donors (Lipinski definition) is 1. The molecule has 1 amide bonds. The Hall–Kier alpha value is -1.77. The summed E-state index contributed by atoms with van der Waals surface area (Å²) in [5.41, 5.74) is 0.902. The Kier molecular flexibility index (Phi) is 5.86. The highest BCUT2D eigenvalue weighted by Crippen LogP contribution is 2.20. The number of thiophene rings is 1. The van der Waals surface area contributed by atoms with Crippen LogP contribution in [0, 0.1) is 6.92 Å². The van der Waals surface area contributed by atoms with Gasteiger partial charge in [0.25, 0.3) is 0 Å². The molecule has 0 unspecified atom stereocenters. The normalized spacial score (nSPS) is 11.4. The van der Waals surface area contributed by atoms with Gasteiger partial charge in [-0.3, -0.25) is 9.78 Å². The Labute approximate surface area is 140 Å². The Bertz CT molecular complexity index is 757. The summed E-state index contributed by atoms with van der Waals surface area (Å²) in [6.45, 7) is 4.19. The van der Waals surface area contributed by atoms with E-state index in [0.29, 0.717) is 13.1 Å². The fourth-order valence-electron chi connectivity index (χ4n) is 2.00. The molecule has 0 aromatic carbocycles. The molecule has 124 valence electrons. The number of nitrogens with zero attached hydrogens (tertiary/aromatic N) is 2. The van der Waals surface area contributed by atoms with Crippen LogP contribution in [-0.2, 0) is 21.4 Å². The molecule has 23 heavy (non-hydrogen) atoms. The Morgan fingerprint density at radius 1 is 1.35 bits per heavy atom. The number of carbonyl (C=O) groups is 1. The second-order valence-electron chi connectivity index (χ2n) is 5.06. The molecule has 0 saturated carbocycles. The van der Waals surface area contributed by atoms with Crippen LogP contribution in [0.2, 0.25) is 0 Å². The van der Waals surface area contributed by atoms with Crippen LogP contribution in [0.1, 0.15) is 17.4 Å². The van der Waals surface area contributed by atoms with Crippen molar-refractivity contribution in [3.05, 3.63) is 47.1 Å². The average molecular weight is 353 g/mol. The lowest BCUT2D eigenvalue weighted by Crippen LogP contribution is -2.37. The molecule has 2 aromatic rings. The molecule has 0 fully saturated rings. The molecule has 0 aliphatic rings. The number of nitrogens with one attached hydrogen (secondary N) is 1. The Balaban J connectivity index is 1.93. The highest BCUT2D eigenvalue weighted by atomic mass is 32.2. The summed E-state index contributed by atoms with van der Waals surface area (Å²) in [6, 6.07) is 7.03. The summed E-state index contributed by atoms with van der Waals surface area (Å²) in [7, 11) is -3.52. The molecule has 2 rings (SSSR count). The average Bonchev–Trinajstić information content (AvgIpc) is 2.94. The van der Waals surface area contributed by atoms with Crippen molar-refractivity contribution < 1.29 is 13.2 Å². The van der Waals surface area contributed by atoms with Gasteiger partial charge in [-0.05, 0) is 30.7 Å². The zero-order valence-corrected chi connectivity index (χ0v) is 14.7. The number of hydrogen-bond acceptors (Lipinski definition) is 5. The van der Waals surface area contributed by atoms with E-state index < -0.39 is 10.0 Å². The standard InChI is InChI=1S/C15H19N3O3S2/c1-12-5-6-15(22-12)23(20,21)17-8-9-18(13(2)19)11-14-4-3-7-16-10-14/h3-7,10,17H,8-9,11H2,1-2H3. The predicted molar refractivity (Wildman–Crippen MR) is 89.6 cm³/mol. The van der Waals surface area contributed by atoms with Crippen molar-refractivity contribution in [3.8, 4) is 0 Å². The van der Waals surface area contributed by atoms with Crippen LogP contribution in [0.25, 0.3) is 0 Å². The summed E-state index contributed by atoms with van der Waals surface area (Å²) in [4.78, 5) is 18.2. The first-order chi connectivity index (χ1) is 10.9. The molecule has 0 atom stereocenters. The smallest absolute Gasteiger partial charge is 0.250 e. The number of carbonyl (C=O) groups excluding carboxylic acids is 1. The summed E-state index contributed by atoms with van der Waals surface area (Å²) in [5.74, 6) is -0.111. The maximum absolute atomic E-state index is 12.1. The maximum atomic E-state index is 12.1. The first-order valence-corrected chi connectivity index (χ1v) is 9.39. The predicted octanol–water partition coefficient (Wildman–Crippen LogP) is 1.78. The number of rotatable bonds is 7. The molecule has 0 spiro atoms. The minimum Gasteiger partial charge on any atom is -0.337 e. The van der Waals surface area contributed by atoms with E-state index in [1.807, 2.05) is 13.0 Å². The van der Waals surface area contributed by atoms with Crippen molar-refractivity contribution in [2.24, 2.45) is 0 Å². The highest BCUT2D eigenvalue weighted by Gasteiger charge is 2.17. The Morgan fingerprint density at radius 3 is 2.70 bits per heavy atom. The van der Waals surface area contributed by atoms with Crippen molar-refractivity contribution in [2.75, 3.05) is 13.1 Å². The van der Waals surface area contributed by atoms with Crippen LogP contribution in [-0.4, -0.2) is 37.3 Å². The van der Waals surface area contributed by atoms with E-state index in [9.17, 15) is 13.2 Å². The minimum atomic E-state index is -3.52. The van der Waals surface area contributed by atoms with E-state index in [1.165, 1.54) is 18.3 Å². The van der Waals surface area contributed by atoms with Gasteiger partial charge in [-0.1, -0.05) is 6.07 Å². The first kappa shape index (κ1) is 17.6. The second kappa shape index (κ2) is 7.67. The molecule has 6 nitrogen and oxygen atoms in total. The summed E-state index contributed by atoms with van der Waals surface area (Å²) >= 11 is 1.22. The third kappa shape index (κ3) is 5.12. The van der Waals surface area contributed by atoms with E-state index in [2.05, 4.69) is 9.71 Å². The summed E-state index contributed by atoms with van der Waals surface area (Å²) in [5, 5.41) is 0. The van der Waals surface area contributed by atoms with E-state index in [-0.39, 0.29) is 16.7 Å². The monoisotopic (exact) mass is 353 g/mol. The highest BCUT2D eigenvalue weighted by molar-refractivity contribution is 7.91. The van der Waals surface area contributed by atoms with E-state index in [4.69, 9.17) is 0 Å². The molecule has 0 bridgehead atoms. The molecule has 0 radical (unpaired) electrons. The molecule has 0 saturated heterocycles. The van der Waals surface area contributed by atoms with E-state index in [1.54, 1.807) is 35.5 Å². The molecule has 2 aromatic heterocycles. The lowest BCUT2D eigenvalue weighted by molar-refractivity contribution is -0.129. The van der Waals surface area contributed by atoms with E-state index in [0.717, 1.165) is 10.4 Å². The van der Waals surface area contributed by atoms with Gasteiger partial charge in [0.1, 0.15) is 4.21 Å². The zero-order valence-electron chi connectivity index (χ0n) is 13.0. The van der Waals surface area contributed by atoms with Crippen LogP contribution in [0.5, 0.6) is 0 Å². The molecule has 0 aliphatic heterocycles. The maximum Gasteiger partial charge on any atom is 0.250 e. The van der Waals surface area contributed by atoms with Gasteiger partial charge in [-0.2, -0.15) is 0 Å². The van der Waals surface area contributed by atoms with Gasteiger partial charge in [0.2, 0.25) is 15.9 Å². The molecule has 0 aliphatic carbocycles. The van der Waals surface area contributed by atoms with Crippen molar-refractivity contribution in [1.82, 2.24) is 14.6 Å². The fourth-order valence-corrected chi connectivity index (χ4v) is 4.35. The third-order valence-corrected chi connectivity index (χ3v) is 6.15. The van der Waals surface area contributed by atoms with Crippen LogP contribution < -0.4 is 4.72 Å². The van der Waals surface area contributed by atoms with Gasteiger partial charge in [-0.25, -0.2) is 13.1 Å². The molecular weight excluding hydrogens is 334 g/mol. The number of pyridine rings is 1. The third-order valence-electron chi connectivity index (χ3n) is 3.20. The van der Waals surface area contributed by atoms with Crippen molar-refractivity contribution in [1.29, 1.82) is 0 Å². The zero-order chi connectivity index (χ0) is 16.9. The topological polar surface area (TPSA) is 79.4 Å². The number of amides is 1. The molecular formula is C15H19N3O3S2. The van der Waals surface area contributed by atoms with Gasteiger partial charge >= 0.3 is 0 Å². The van der Waals surface area contributed by atoms with Crippen molar-refractivity contribution in [2.45, 2.75) is 24.6 Å². The molecule has 8 heteroatoms. The van der Waals surface area contributed by atoms with Gasteiger partial charge in [0.05, 0.1) is 0 Å². The van der Waals surface area contributed by atoms with Crippen LogP contribution in [0.4, 0.5) is 0 Å². The van der Waals surface area contributed by atoms with Gasteiger partial charge < -0.3 is 4.90 Å².